The molecule has 11 heteroatoms. The van der Waals surface area contributed by atoms with Crippen LogP contribution in [0, 0.1) is 0 Å². The number of allylic oxidation sites excluding steroid dienone is 1. The van der Waals surface area contributed by atoms with Crippen LogP contribution in [0.2, 0.25) is 0 Å². The van der Waals surface area contributed by atoms with Crippen LogP contribution in [-0.2, 0) is 20.8 Å². The number of amides is 3. The van der Waals surface area contributed by atoms with Crippen molar-refractivity contribution in [2.75, 3.05) is 39.3 Å². The first-order chi connectivity index (χ1) is 18.2. The van der Waals surface area contributed by atoms with E-state index >= 15 is 0 Å². The summed E-state index contributed by atoms with van der Waals surface area (Å²) in [4.78, 5) is 46.7. The Morgan fingerprint density at radius 3 is 2.45 bits per heavy atom. The first-order valence-electron chi connectivity index (χ1n) is 12.8. The molecule has 0 saturated carbocycles. The Balaban J connectivity index is 2.17. The molecule has 1 aliphatic heterocycles. The number of aryl methyl sites for hydroxylation is 1. The third kappa shape index (κ3) is 9.79. The van der Waals surface area contributed by atoms with E-state index in [0.717, 1.165) is 21.3 Å². The minimum absolute atomic E-state index is 0.203. The summed E-state index contributed by atoms with van der Waals surface area (Å²) in [6, 6.07) is 7.83. The third-order valence-electron chi connectivity index (χ3n) is 6.29. The molecule has 0 bridgehead atoms. The van der Waals surface area contributed by atoms with Gasteiger partial charge in [-0.2, -0.15) is 0 Å². The van der Waals surface area contributed by atoms with Crippen molar-refractivity contribution in [2.24, 2.45) is 22.2 Å². The second kappa shape index (κ2) is 16.2. The van der Waals surface area contributed by atoms with Crippen LogP contribution in [0.25, 0.3) is 0 Å². The Morgan fingerprint density at radius 2 is 1.87 bits per heavy atom. The summed E-state index contributed by atoms with van der Waals surface area (Å²) < 4.78 is 0.908. The minimum Gasteiger partial charge on any atom is -0.343 e. The zero-order valence-corrected chi connectivity index (χ0v) is 23.7. The topological polar surface area (TPSA) is 160 Å². The van der Waals surface area contributed by atoms with Crippen LogP contribution in [-0.4, -0.2) is 85.6 Å². The fourth-order valence-corrected chi connectivity index (χ4v) is 4.59. The van der Waals surface area contributed by atoms with E-state index in [2.05, 4.69) is 33.0 Å². The monoisotopic (exact) mass is 589 g/mol. The van der Waals surface area contributed by atoms with E-state index < -0.39 is 18.0 Å². The SMILES string of the molecule is C=NC1=C(/C=C(\C)Br)CN(C(=O)[C@H](CCc2ccccc2)NC(=O)[C@@H](N)CC(=O)N(CCN)CCN)CC1. The number of aliphatic imine (C=N–C) groups is 1. The number of halogens is 1. The molecule has 7 N–H and O–H groups in total. The zero-order chi connectivity index (χ0) is 28.1. The number of nitrogens with one attached hydrogen (secondary N) is 1. The number of nitrogens with two attached hydrogens (primary N) is 3. The van der Waals surface area contributed by atoms with Gasteiger partial charge in [0.05, 0.1) is 12.5 Å². The molecule has 0 aromatic heterocycles. The second-order valence-electron chi connectivity index (χ2n) is 9.23. The number of carbonyl (C=O) groups excluding carboxylic acids is 3. The molecule has 0 spiro atoms. The van der Waals surface area contributed by atoms with Gasteiger partial charge in [-0.15, -0.1) is 0 Å². The molecule has 2 atom stereocenters. The normalized spacial score (nSPS) is 15.6. The van der Waals surface area contributed by atoms with Gasteiger partial charge in [0.1, 0.15) is 6.04 Å². The van der Waals surface area contributed by atoms with Gasteiger partial charge < -0.3 is 32.3 Å². The summed E-state index contributed by atoms with van der Waals surface area (Å²) in [6.07, 6.45) is 3.26. The van der Waals surface area contributed by atoms with Crippen molar-refractivity contribution in [2.45, 2.75) is 44.7 Å². The number of hydrogen-bond acceptors (Lipinski definition) is 7. The van der Waals surface area contributed by atoms with E-state index in [-0.39, 0.29) is 31.3 Å². The van der Waals surface area contributed by atoms with Gasteiger partial charge in [-0.3, -0.25) is 19.4 Å². The van der Waals surface area contributed by atoms with Crippen molar-refractivity contribution in [3.05, 3.63) is 57.7 Å². The van der Waals surface area contributed by atoms with Gasteiger partial charge in [-0.1, -0.05) is 46.3 Å². The molecule has 1 aromatic carbocycles. The molecule has 3 amide bonds. The minimum atomic E-state index is -1.11. The predicted molar refractivity (Wildman–Crippen MR) is 154 cm³/mol. The molecule has 0 fully saturated rings. The van der Waals surface area contributed by atoms with E-state index in [1.807, 2.05) is 43.3 Å². The van der Waals surface area contributed by atoms with Crippen LogP contribution in [0.3, 0.4) is 0 Å². The lowest BCUT2D eigenvalue weighted by Gasteiger charge is -2.32. The smallest absolute Gasteiger partial charge is 0.245 e. The molecule has 0 aliphatic carbocycles. The Labute approximate surface area is 233 Å². The quantitative estimate of drug-likeness (QED) is 0.237. The molecule has 1 aliphatic rings. The van der Waals surface area contributed by atoms with Crippen molar-refractivity contribution in [3.63, 3.8) is 0 Å². The number of benzene rings is 1. The summed E-state index contributed by atoms with van der Waals surface area (Å²) in [6.45, 7) is 7.59. The summed E-state index contributed by atoms with van der Waals surface area (Å²) >= 11 is 3.45. The Kier molecular flexibility index (Phi) is 13.4. The fraction of sp³-hybridized carbons (Fsp3) is 0.481. The van der Waals surface area contributed by atoms with Crippen molar-refractivity contribution in [1.29, 1.82) is 0 Å². The van der Waals surface area contributed by atoms with Gasteiger partial charge in [-0.25, -0.2) is 0 Å². The fourth-order valence-electron chi connectivity index (χ4n) is 4.31. The summed E-state index contributed by atoms with van der Waals surface area (Å²) in [5, 5.41) is 2.82. The number of rotatable bonds is 14. The van der Waals surface area contributed by atoms with E-state index in [0.29, 0.717) is 45.4 Å². The molecule has 208 valence electrons. The van der Waals surface area contributed by atoms with E-state index in [9.17, 15) is 14.4 Å². The van der Waals surface area contributed by atoms with Crippen molar-refractivity contribution < 1.29 is 14.4 Å². The maximum Gasteiger partial charge on any atom is 0.245 e. The van der Waals surface area contributed by atoms with Crippen LogP contribution in [0.15, 0.2) is 57.2 Å². The highest BCUT2D eigenvalue weighted by atomic mass is 79.9. The molecular weight excluding hydrogens is 550 g/mol. The average Bonchev–Trinajstić information content (AvgIpc) is 2.90. The Morgan fingerprint density at radius 1 is 1.21 bits per heavy atom. The maximum absolute atomic E-state index is 13.7. The van der Waals surface area contributed by atoms with E-state index in [4.69, 9.17) is 17.2 Å². The first kappa shape index (κ1) is 31.4. The first-order valence-corrected chi connectivity index (χ1v) is 13.6. The zero-order valence-electron chi connectivity index (χ0n) is 22.1. The summed E-state index contributed by atoms with van der Waals surface area (Å²) in [7, 11) is 0. The number of carbonyl (C=O) groups is 3. The number of hydrogen-bond donors (Lipinski definition) is 4. The van der Waals surface area contributed by atoms with Gasteiger partial charge in [-0.05, 0) is 48.2 Å². The Bertz CT molecular complexity index is 1020. The van der Waals surface area contributed by atoms with Gasteiger partial charge in [0, 0.05) is 51.4 Å². The van der Waals surface area contributed by atoms with Crippen molar-refractivity contribution >= 4 is 40.4 Å². The molecule has 1 heterocycles. The van der Waals surface area contributed by atoms with Crippen LogP contribution in [0.5, 0.6) is 0 Å². The van der Waals surface area contributed by atoms with E-state index in [1.54, 1.807) is 4.90 Å². The highest BCUT2D eigenvalue weighted by Gasteiger charge is 2.31. The lowest BCUT2D eigenvalue weighted by Crippen LogP contribution is -2.54. The van der Waals surface area contributed by atoms with Crippen LogP contribution in [0.4, 0.5) is 0 Å². The van der Waals surface area contributed by atoms with Gasteiger partial charge in [0.25, 0.3) is 0 Å². The van der Waals surface area contributed by atoms with Gasteiger partial charge >= 0.3 is 0 Å². The molecule has 0 radical (unpaired) electrons. The van der Waals surface area contributed by atoms with Gasteiger partial charge in [0.15, 0.2) is 0 Å². The molecule has 1 aromatic rings. The summed E-state index contributed by atoms with van der Waals surface area (Å²) in [5.74, 6) is -1.06. The maximum atomic E-state index is 13.7. The molecule has 0 unspecified atom stereocenters. The van der Waals surface area contributed by atoms with Crippen LogP contribution < -0.4 is 22.5 Å². The molecule has 10 nitrogen and oxygen atoms in total. The molecule has 2 rings (SSSR count). The molecular formula is C27H40BrN7O3. The Hall–Kier alpha value is -2.86. The predicted octanol–water partition coefficient (Wildman–Crippen LogP) is 1.05. The number of nitrogens with zero attached hydrogens (tertiary/aromatic N) is 3. The van der Waals surface area contributed by atoms with Gasteiger partial charge in [0.2, 0.25) is 17.7 Å². The highest BCUT2D eigenvalue weighted by Crippen LogP contribution is 2.23. The average molecular weight is 591 g/mol. The largest absolute Gasteiger partial charge is 0.343 e. The standard InChI is InChI=1S/C27H40BrN7O3/c1-19(28)16-21-18-35(13-10-23(21)32-2)27(38)24(9-8-20-6-4-3-5-7-20)33-26(37)22(31)17-25(36)34(14-11-29)15-12-30/h3-7,16,22,24H,2,8-15,17-18,29-31H2,1H3,(H,33,37)/b19-16+/t22-,24-/m0/s1. The second-order valence-corrected chi connectivity index (χ2v) is 10.5. The molecule has 0 saturated heterocycles. The lowest BCUT2D eigenvalue weighted by atomic mass is 10.0. The summed E-state index contributed by atoms with van der Waals surface area (Å²) in [5.41, 5.74) is 20.1. The van der Waals surface area contributed by atoms with Crippen molar-refractivity contribution in [3.8, 4) is 0 Å². The van der Waals surface area contributed by atoms with Crippen LogP contribution in [0.1, 0.15) is 31.7 Å². The molecule has 38 heavy (non-hydrogen) atoms. The third-order valence-corrected chi connectivity index (χ3v) is 6.52. The highest BCUT2D eigenvalue weighted by molar-refractivity contribution is 9.11. The van der Waals surface area contributed by atoms with Crippen LogP contribution >= 0.6 is 15.9 Å². The lowest BCUT2D eigenvalue weighted by molar-refractivity contribution is -0.137. The van der Waals surface area contributed by atoms with Crippen molar-refractivity contribution in [1.82, 2.24) is 15.1 Å². The van der Waals surface area contributed by atoms with E-state index in [1.165, 1.54) is 4.90 Å².